The lowest BCUT2D eigenvalue weighted by atomic mass is 9.91. The van der Waals surface area contributed by atoms with E-state index in [-0.39, 0.29) is 16.3 Å². The molecule has 0 aromatic heterocycles. The fourth-order valence-corrected chi connectivity index (χ4v) is 3.22. The average Bonchev–Trinajstić information content (AvgIpc) is 2.89. The summed E-state index contributed by atoms with van der Waals surface area (Å²) >= 11 is 5.83. The van der Waals surface area contributed by atoms with Crippen LogP contribution in [0.3, 0.4) is 0 Å². The molecule has 1 N–H and O–H groups in total. The zero-order valence-corrected chi connectivity index (χ0v) is 15.3. The first kappa shape index (κ1) is 19.0. The minimum atomic E-state index is -1.10. The van der Waals surface area contributed by atoms with Crippen LogP contribution in [-0.4, -0.2) is 16.8 Å². The summed E-state index contributed by atoms with van der Waals surface area (Å²) in [6.07, 6.45) is 0. The van der Waals surface area contributed by atoms with Crippen LogP contribution in [0.1, 0.15) is 25.5 Å². The minimum absolute atomic E-state index is 0.152. The third-order valence-electron chi connectivity index (χ3n) is 4.37. The van der Waals surface area contributed by atoms with Crippen molar-refractivity contribution in [3.05, 3.63) is 76.0 Å². The minimum Gasteiger partial charge on any atom is -0.503 e. The normalized spacial score (nSPS) is 17.2. The Morgan fingerprint density at radius 3 is 2.37 bits per heavy atom. The van der Waals surface area contributed by atoms with Crippen LogP contribution in [0.4, 0.5) is 14.5 Å². The van der Waals surface area contributed by atoms with E-state index in [4.69, 9.17) is 11.6 Å². The molecule has 0 saturated carbocycles. The molecule has 1 unspecified atom stereocenters. The monoisotopic (exact) mass is 391 g/mol. The second-order valence-electron chi connectivity index (χ2n) is 6.48. The fraction of sp³-hybridized carbons (Fsp3) is 0.200. The fourth-order valence-electron chi connectivity index (χ4n) is 3.06. The smallest absolute Gasteiger partial charge is 0.294 e. The van der Waals surface area contributed by atoms with Crippen LogP contribution in [0, 0.1) is 17.6 Å². The molecule has 0 fully saturated rings. The molecule has 1 aliphatic heterocycles. The molecule has 1 amide bonds. The van der Waals surface area contributed by atoms with Gasteiger partial charge in [-0.25, -0.2) is 8.78 Å². The van der Waals surface area contributed by atoms with Gasteiger partial charge in [-0.15, -0.1) is 0 Å². The summed E-state index contributed by atoms with van der Waals surface area (Å²) in [5, 5.41) is 10.2. The van der Waals surface area contributed by atoms with Crippen molar-refractivity contribution in [3.8, 4) is 0 Å². The van der Waals surface area contributed by atoms with Crippen molar-refractivity contribution >= 4 is 29.0 Å². The first-order valence-corrected chi connectivity index (χ1v) is 8.62. The number of halogens is 3. The molecule has 1 heterocycles. The van der Waals surface area contributed by atoms with Crippen molar-refractivity contribution in [1.29, 1.82) is 0 Å². The van der Waals surface area contributed by atoms with Crippen molar-refractivity contribution in [2.75, 3.05) is 4.90 Å². The number of ketones is 1. The number of nitrogens with zero attached hydrogens (tertiary/aromatic N) is 1. The molecular weight excluding hydrogens is 376 g/mol. The third-order valence-corrected chi connectivity index (χ3v) is 4.67. The Bertz CT molecular complexity index is 954. The molecule has 140 valence electrons. The predicted octanol–water partition coefficient (Wildman–Crippen LogP) is 4.74. The largest absolute Gasteiger partial charge is 0.503 e. The van der Waals surface area contributed by atoms with Gasteiger partial charge in [-0.3, -0.25) is 14.5 Å². The van der Waals surface area contributed by atoms with Crippen LogP contribution >= 0.6 is 11.6 Å². The SMILES string of the molecule is CC(C)C(=O)C1=C(O)C(=O)N(c2cccc(Cl)c2F)C1c1ccc(F)cc1. The first-order valence-electron chi connectivity index (χ1n) is 8.24. The molecule has 2 aromatic carbocycles. The summed E-state index contributed by atoms with van der Waals surface area (Å²) in [6, 6.07) is 8.10. The number of carbonyl (C=O) groups is 2. The Labute approximate surface area is 159 Å². The van der Waals surface area contributed by atoms with Gasteiger partial charge in [-0.05, 0) is 29.8 Å². The summed E-state index contributed by atoms with van der Waals surface area (Å²) in [6.45, 7) is 3.24. The molecular formula is C20H16ClF2NO3. The highest BCUT2D eigenvalue weighted by Gasteiger charge is 2.45. The van der Waals surface area contributed by atoms with Gasteiger partial charge in [0.25, 0.3) is 5.91 Å². The molecule has 27 heavy (non-hydrogen) atoms. The first-order chi connectivity index (χ1) is 12.7. The molecule has 0 radical (unpaired) electrons. The molecule has 2 aromatic rings. The zero-order valence-electron chi connectivity index (χ0n) is 14.5. The molecule has 1 aliphatic rings. The third kappa shape index (κ3) is 3.21. The number of Topliss-reactive ketones (excluding diaryl/α,β-unsaturated/α-hetero) is 1. The van der Waals surface area contributed by atoms with Crippen LogP contribution < -0.4 is 4.90 Å². The van der Waals surface area contributed by atoms with Gasteiger partial charge in [0.1, 0.15) is 5.82 Å². The Balaban J connectivity index is 2.23. The van der Waals surface area contributed by atoms with E-state index in [9.17, 15) is 23.5 Å². The molecule has 0 spiro atoms. The number of aliphatic hydroxyl groups is 1. The van der Waals surface area contributed by atoms with Gasteiger partial charge in [0.05, 0.1) is 22.3 Å². The second-order valence-corrected chi connectivity index (χ2v) is 6.89. The molecule has 3 rings (SSSR count). The Hall–Kier alpha value is -2.73. The molecule has 1 atom stereocenters. The molecule has 0 saturated heterocycles. The quantitative estimate of drug-likeness (QED) is 0.818. The number of hydrogen-bond donors (Lipinski definition) is 1. The van der Waals surface area contributed by atoms with Gasteiger partial charge in [0.2, 0.25) is 0 Å². The maximum absolute atomic E-state index is 14.6. The lowest BCUT2D eigenvalue weighted by Gasteiger charge is -2.27. The number of amides is 1. The van der Waals surface area contributed by atoms with Gasteiger partial charge >= 0.3 is 0 Å². The van der Waals surface area contributed by atoms with E-state index in [1.807, 2.05) is 0 Å². The number of hydrogen-bond acceptors (Lipinski definition) is 3. The van der Waals surface area contributed by atoms with Gasteiger partial charge in [-0.2, -0.15) is 0 Å². The highest BCUT2D eigenvalue weighted by Crippen LogP contribution is 2.43. The van der Waals surface area contributed by atoms with Crippen molar-refractivity contribution in [1.82, 2.24) is 0 Å². The summed E-state index contributed by atoms with van der Waals surface area (Å²) in [5.41, 5.74) is 0.0260. The number of carbonyl (C=O) groups excluding carboxylic acids is 2. The van der Waals surface area contributed by atoms with Crippen LogP contribution in [0.25, 0.3) is 0 Å². The lowest BCUT2D eigenvalue weighted by Crippen LogP contribution is -2.32. The van der Waals surface area contributed by atoms with E-state index in [0.717, 1.165) is 4.90 Å². The van der Waals surface area contributed by atoms with Gasteiger partial charge in [0, 0.05) is 5.92 Å². The summed E-state index contributed by atoms with van der Waals surface area (Å²) in [7, 11) is 0. The molecule has 0 bridgehead atoms. The van der Waals surface area contributed by atoms with E-state index in [1.54, 1.807) is 13.8 Å². The Morgan fingerprint density at radius 2 is 1.78 bits per heavy atom. The highest BCUT2D eigenvalue weighted by molar-refractivity contribution is 6.31. The van der Waals surface area contributed by atoms with Crippen molar-refractivity contribution in [2.45, 2.75) is 19.9 Å². The summed E-state index contributed by atoms with van der Waals surface area (Å²) in [4.78, 5) is 26.4. The maximum Gasteiger partial charge on any atom is 0.294 e. The highest BCUT2D eigenvalue weighted by atomic mass is 35.5. The average molecular weight is 392 g/mol. The van der Waals surface area contributed by atoms with Crippen molar-refractivity contribution in [3.63, 3.8) is 0 Å². The van der Waals surface area contributed by atoms with E-state index in [2.05, 4.69) is 0 Å². The van der Waals surface area contributed by atoms with E-state index < -0.39 is 41.0 Å². The van der Waals surface area contributed by atoms with Crippen LogP contribution in [0.5, 0.6) is 0 Å². The van der Waals surface area contributed by atoms with Crippen LogP contribution in [-0.2, 0) is 9.59 Å². The molecule has 4 nitrogen and oxygen atoms in total. The number of benzene rings is 2. The van der Waals surface area contributed by atoms with E-state index in [1.165, 1.54) is 42.5 Å². The number of anilines is 1. The van der Waals surface area contributed by atoms with Gasteiger partial charge in [-0.1, -0.05) is 43.6 Å². The topological polar surface area (TPSA) is 57.6 Å². The maximum atomic E-state index is 14.6. The van der Waals surface area contributed by atoms with E-state index >= 15 is 0 Å². The number of aliphatic hydroxyl groups excluding tert-OH is 1. The van der Waals surface area contributed by atoms with Crippen molar-refractivity contribution < 1.29 is 23.5 Å². The van der Waals surface area contributed by atoms with Crippen LogP contribution in [0.2, 0.25) is 5.02 Å². The number of rotatable bonds is 4. The zero-order chi connectivity index (χ0) is 19.9. The Morgan fingerprint density at radius 1 is 1.15 bits per heavy atom. The predicted molar refractivity (Wildman–Crippen MR) is 97.5 cm³/mol. The van der Waals surface area contributed by atoms with Gasteiger partial charge < -0.3 is 5.11 Å². The van der Waals surface area contributed by atoms with Crippen LogP contribution in [0.15, 0.2) is 53.8 Å². The summed E-state index contributed by atoms with van der Waals surface area (Å²) < 4.78 is 28.0. The lowest BCUT2D eigenvalue weighted by molar-refractivity contribution is -0.119. The molecule has 7 heteroatoms. The second kappa shape index (κ2) is 7.12. The summed E-state index contributed by atoms with van der Waals surface area (Å²) in [5.74, 6) is -4.00. The Kier molecular flexibility index (Phi) is 5.02. The van der Waals surface area contributed by atoms with E-state index in [0.29, 0.717) is 5.56 Å². The van der Waals surface area contributed by atoms with Crippen molar-refractivity contribution in [2.24, 2.45) is 5.92 Å². The standard InChI is InChI=1S/C20H16ClF2NO3/c1-10(2)18(25)15-17(11-6-8-12(22)9-7-11)24(20(27)19(15)26)14-5-3-4-13(21)16(14)23/h3-10,17,26H,1-2H3. The molecule has 0 aliphatic carbocycles. The van der Waals surface area contributed by atoms with Gasteiger partial charge in [0.15, 0.2) is 17.4 Å².